The smallest absolute Gasteiger partial charge is 0.0959 e. The van der Waals surface area contributed by atoms with Crippen molar-refractivity contribution in [1.29, 1.82) is 0 Å². The molecule has 20 rings (SSSR count). The van der Waals surface area contributed by atoms with Crippen molar-refractivity contribution in [3.8, 4) is 0 Å². The van der Waals surface area contributed by atoms with Gasteiger partial charge in [0.2, 0.25) is 0 Å². The second kappa shape index (κ2) is 23.8. The Labute approximate surface area is 614 Å². The predicted molar refractivity (Wildman–Crippen MR) is 407 cm³/mol. The molecule has 20 aliphatic rings. The largest absolute Gasteiger partial charge is 0.391 e. The van der Waals surface area contributed by atoms with Crippen LogP contribution < -0.4 is 0 Å². The molecule has 0 aromatic rings. The monoisotopic (exact) mass is 1380 g/mol. The van der Waals surface area contributed by atoms with Crippen LogP contribution in [-0.2, 0) is 0 Å². The summed E-state index contributed by atoms with van der Waals surface area (Å²) in [5, 5.41) is 55.6. The molecule has 4 N–H and O–H groups in total. The Balaban J connectivity index is 0.718. The first-order valence-corrected chi connectivity index (χ1v) is 45.0. The summed E-state index contributed by atoms with van der Waals surface area (Å²) >= 11 is 0. The summed E-state index contributed by atoms with van der Waals surface area (Å²) in [4.78, 5) is 11.5. The molecule has 4 heterocycles. The quantitative estimate of drug-likeness (QED) is 0.187. The summed E-state index contributed by atoms with van der Waals surface area (Å²) in [7, 11) is 0. The van der Waals surface area contributed by atoms with Crippen LogP contribution in [0.25, 0.3) is 0 Å². The van der Waals surface area contributed by atoms with Gasteiger partial charge < -0.3 is 20.4 Å². The maximum atomic E-state index is 17.3. The van der Waals surface area contributed by atoms with Gasteiger partial charge in [-0.05, 0) is 402 Å². The van der Waals surface area contributed by atoms with E-state index in [0.717, 1.165) is 70.1 Å². The van der Waals surface area contributed by atoms with Gasteiger partial charge in [-0.25, -0.2) is 0 Å². The lowest BCUT2D eigenvalue weighted by atomic mass is 9.33. The number of nitrogens with zero attached hydrogens (tertiary/aromatic N) is 4. The van der Waals surface area contributed by atoms with Crippen LogP contribution in [-0.4, -0.2) is 140 Å². The third-order valence-electron chi connectivity index (χ3n) is 42.3. The van der Waals surface area contributed by atoms with Crippen LogP contribution in [0.2, 0.25) is 0 Å². The Morgan fingerprint density at radius 3 is 1.19 bits per heavy atom. The first kappa shape index (κ1) is 68.9. The van der Waals surface area contributed by atoms with Crippen LogP contribution in [0, 0.1) is 155 Å². The van der Waals surface area contributed by atoms with Gasteiger partial charge in [0.05, 0.1) is 29.5 Å². The fourth-order valence-electron chi connectivity index (χ4n) is 37.5. The summed E-state index contributed by atoms with van der Waals surface area (Å²) in [5.74, 6) is 9.89. The van der Waals surface area contributed by atoms with Crippen molar-refractivity contribution in [3.05, 3.63) is 48.6 Å². The SMILES string of the molecule is C[C@@]12C(CC=CC1C1(N3CCCCC3)C[C@H]3[C@@H]4CCC5(C6C=CCC7CC[C@@H]8[C@@H](CC[C@]9(C)C(O)C(N%10CCCC%10)C[C@@H]89)[C@]76C)CC=CC[C@]5(C)[C@@H]4CC[C@]3(C)C1(O)C1C=CCC3CC[C@@H]4[C@@H](CC[C@]5(C)C(O)C(N6CCCC6)C[C@@H]45)[C@]31C)CC[C@@H]1[C@H]2CC[C@]2(C)C(O)C(N3CCCC3)C[C@@H]12. The third kappa shape index (κ3) is 8.69. The molecule has 560 valence electrons. The average molecular weight is 1380 g/mol. The van der Waals surface area contributed by atoms with E-state index in [1.54, 1.807) is 0 Å². The van der Waals surface area contributed by atoms with Crippen LogP contribution in [0.4, 0.5) is 0 Å². The molecular weight excluding hydrogens is 1240 g/mol. The lowest BCUT2D eigenvalue weighted by molar-refractivity contribution is -0.269. The van der Waals surface area contributed by atoms with Gasteiger partial charge in [0.25, 0.3) is 0 Å². The zero-order valence-corrected chi connectivity index (χ0v) is 65.3. The number of fused-ring (bicyclic) bond motifs is 20. The molecular formula is C93H144N4O4. The topological polar surface area (TPSA) is 93.9 Å². The molecule has 12 saturated carbocycles. The number of piperidine rings is 1. The highest BCUT2D eigenvalue weighted by atomic mass is 16.3. The number of aliphatic hydroxyl groups excluding tert-OH is 3. The first-order valence-electron chi connectivity index (χ1n) is 45.0. The van der Waals surface area contributed by atoms with E-state index in [1.165, 1.54) is 212 Å². The average Bonchev–Trinajstić information content (AvgIpc) is 1.53. The van der Waals surface area contributed by atoms with Crippen LogP contribution in [0.3, 0.4) is 0 Å². The van der Waals surface area contributed by atoms with Crippen molar-refractivity contribution in [2.45, 2.75) is 321 Å². The highest BCUT2D eigenvalue weighted by Gasteiger charge is 2.84. The zero-order valence-electron chi connectivity index (χ0n) is 65.3. The molecule has 0 bridgehead atoms. The zero-order chi connectivity index (χ0) is 69.0. The Hall–Kier alpha value is -1.36. The van der Waals surface area contributed by atoms with Gasteiger partial charge in [0.1, 0.15) is 0 Å². The number of allylic oxidation sites excluding steroid dienone is 6. The van der Waals surface area contributed by atoms with Gasteiger partial charge in [-0.2, -0.15) is 0 Å². The molecule has 8 nitrogen and oxygen atoms in total. The maximum absolute atomic E-state index is 17.3. The second-order valence-electron chi connectivity index (χ2n) is 43.8. The van der Waals surface area contributed by atoms with E-state index >= 15 is 5.11 Å². The van der Waals surface area contributed by atoms with Crippen LogP contribution in [0.15, 0.2) is 48.6 Å². The first-order chi connectivity index (χ1) is 48.6. The standard InChI is InChI=1S/C93H144N4O4/c1-83-42-36-67-62(70(83)55-74(80(83)98)94-47-14-15-48-94)32-29-59-23-20-26-77(88(59,67)6)91-41-11-10-40-86(91,4)66-39-45-87(5)73(65(66)35-46-91)58-92(97-53-12-9-13-54-97,78-27-21-24-60-30-33-63-68(89(60,78)7)37-43-84(2)71(63)56-75(81(84)99)95-49-16-17-50-95)93(87,101)79-28-22-25-61-31-34-64-69(90(61,79)8)38-44-85(3)72(64)57-76(82(85)100)96-51-18-19-52-96/h10-11,20-22,26-28,59-82,98-101H,9,12-19,23-25,29-58H2,1-8H3/t59?,60?,61?,62-,63-,64-,65-,66-,67-,68-,69-,70+,71+,72+,73+,74?,75?,76?,77?,78?,79?,80?,81?,82?,83+,84+,85+,86-,87+,88+,89+,90+,91?,92?,93?/m1/s1. The highest BCUT2D eigenvalue weighted by molar-refractivity contribution is 5.39. The minimum Gasteiger partial charge on any atom is -0.391 e. The van der Waals surface area contributed by atoms with E-state index < -0.39 is 11.1 Å². The Morgan fingerprint density at radius 2 is 0.723 bits per heavy atom. The van der Waals surface area contributed by atoms with Crippen LogP contribution in [0.1, 0.15) is 274 Å². The lowest BCUT2D eigenvalue weighted by Crippen LogP contribution is -2.78. The Kier molecular flexibility index (Phi) is 16.3. The number of hydrogen-bond acceptors (Lipinski definition) is 8. The molecule has 101 heavy (non-hydrogen) atoms. The van der Waals surface area contributed by atoms with Gasteiger partial charge in [-0.3, -0.25) is 19.6 Å². The van der Waals surface area contributed by atoms with Crippen molar-refractivity contribution < 1.29 is 20.4 Å². The molecule has 4 aliphatic heterocycles. The number of rotatable bonds is 7. The molecule has 4 saturated heterocycles. The Bertz CT molecular complexity index is 3280. The molecule has 15 unspecified atom stereocenters. The van der Waals surface area contributed by atoms with Crippen LogP contribution in [0.5, 0.6) is 0 Å². The van der Waals surface area contributed by atoms with E-state index in [4.69, 9.17) is 0 Å². The van der Waals surface area contributed by atoms with Gasteiger partial charge in [-0.15, -0.1) is 0 Å². The number of likely N-dealkylation sites (tertiary alicyclic amines) is 4. The molecule has 0 radical (unpaired) electrons. The van der Waals surface area contributed by atoms with Gasteiger partial charge in [0, 0.05) is 35.4 Å². The van der Waals surface area contributed by atoms with Crippen molar-refractivity contribution in [2.24, 2.45) is 155 Å². The maximum Gasteiger partial charge on any atom is 0.0959 e. The van der Waals surface area contributed by atoms with Crippen molar-refractivity contribution in [2.75, 3.05) is 52.4 Å². The van der Waals surface area contributed by atoms with Crippen molar-refractivity contribution in [3.63, 3.8) is 0 Å². The fourth-order valence-corrected chi connectivity index (χ4v) is 37.5. The predicted octanol–water partition coefficient (Wildman–Crippen LogP) is 17.7. The normalized spacial score (nSPS) is 60.3. The van der Waals surface area contributed by atoms with E-state index in [1.807, 2.05) is 0 Å². The summed E-state index contributed by atoms with van der Waals surface area (Å²) in [5.41, 5.74) is -1.18. The minimum atomic E-state index is -0.976. The highest BCUT2D eigenvalue weighted by Crippen LogP contribution is 2.83. The van der Waals surface area contributed by atoms with E-state index in [2.05, 4.69) is 124 Å². The fraction of sp³-hybridized carbons (Fsp3) is 0.914. The van der Waals surface area contributed by atoms with Crippen molar-refractivity contribution >= 4 is 0 Å². The van der Waals surface area contributed by atoms with Gasteiger partial charge >= 0.3 is 0 Å². The molecule has 0 spiro atoms. The number of hydrogen-bond donors (Lipinski definition) is 4. The molecule has 0 aromatic carbocycles. The number of aliphatic hydroxyl groups is 4. The Morgan fingerprint density at radius 1 is 0.337 bits per heavy atom. The molecule has 0 amide bonds. The van der Waals surface area contributed by atoms with Crippen molar-refractivity contribution in [1.82, 2.24) is 19.6 Å². The second-order valence-corrected chi connectivity index (χ2v) is 43.8. The van der Waals surface area contributed by atoms with E-state index in [9.17, 15) is 15.3 Å². The molecule has 8 heteroatoms. The van der Waals surface area contributed by atoms with Crippen LogP contribution >= 0.6 is 0 Å². The van der Waals surface area contributed by atoms with E-state index in [-0.39, 0.29) is 78.9 Å². The third-order valence-corrected chi connectivity index (χ3v) is 42.3. The van der Waals surface area contributed by atoms with E-state index in [0.29, 0.717) is 101 Å². The minimum absolute atomic E-state index is 0.0244. The lowest BCUT2D eigenvalue weighted by Gasteiger charge is -2.73. The summed E-state index contributed by atoms with van der Waals surface area (Å²) in [6.07, 6.45) is 64.4. The molecule has 16 fully saturated rings. The summed E-state index contributed by atoms with van der Waals surface area (Å²) in [6.45, 7) is 31.6. The summed E-state index contributed by atoms with van der Waals surface area (Å²) < 4.78 is 0. The molecule has 35 atom stereocenters. The molecule has 0 aromatic heterocycles. The van der Waals surface area contributed by atoms with Gasteiger partial charge in [0.15, 0.2) is 0 Å². The van der Waals surface area contributed by atoms with Gasteiger partial charge in [-0.1, -0.05) is 110 Å². The molecule has 16 aliphatic carbocycles. The summed E-state index contributed by atoms with van der Waals surface area (Å²) in [6, 6.07) is 0.961.